The highest BCUT2D eigenvalue weighted by molar-refractivity contribution is 5.87. The highest BCUT2D eigenvalue weighted by Gasteiger charge is 2.16. The molecular weight excluding hydrogens is 310 g/mol. The smallest absolute Gasteiger partial charge is 0.225 e. The number of nitrogens with zero attached hydrogens (tertiary/aromatic N) is 2. The van der Waals surface area contributed by atoms with E-state index in [-0.39, 0.29) is 11.9 Å². The zero-order valence-electron chi connectivity index (χ0n) is 14.6. The van der Waals surface area contributed by atoms with Gasteiger partial charge < -0.3 is 10.2 Å². The molecule has 1 amide bonds. The maximum atomic E-state index is 12.7. The molecule has 4 nitrogen and oxygen atoms in total. The van der Waals surface area contributed by atoms with Crippen LogP contribution in [0.3, 0.4) is 0 Å². The standard InChI is InChI=1S/C21H23N3O/c1-24(2)15-19(16-8-4-3-5-9-16)23-20(25)14-18-11-6-10-17-12-7-13-22-21(17)18/h3-13,19H,14-15H2,1-2H3,(H,23,25)/t19-/m1/s1. The van der Waals surface area contributed by atoms with E-state index in [9.17, 15) is 4.79 Å². The third-order valence-electron chi connectivity index (χ3n) is 4.15. The first-order valence-corrected chi connectivity index (χ1v) is 8.45. The Bertz CT molecular complexity index is 841. The summed E-state index contributed by atoms with van der Waals surface area (Å²) in [6.45, 7) is 0.754. The van der Waals surface area contributed by atoms with Crippen molar-refractivity contribution < 1.29 is 4.79 Å². The summed E-state index contributed by atoms with van der Waals surface area (Å²) in [5.41, 5.74) is 2.96. The Hall–Kier alpha value is -2.72. The summed E-state index contributed by atoms with van der Waals surface area (Å²) in [6.07, 6.45) is 2.09. The molecule has 4 heteroatoms. The molecule has 3 rings (SSSR count). The summed E-state index contributed by atoms with van der Waals surface area (Å²) in [7, 11) is 4.02. The van der Waals surface area contributed by atoms with Gasteiger partial charge >= 0.3 is 0 Å². The van der Waals surface area contributed by atoms with Crippen LogP contribution < -0.4 is 5.32 Å². The van der Waals surface area contributed by atoms with E-state index in [1.807, 2.05) is 74.8 Å². The minimum absolute atomic E-state index is 0.00820. The lowest BCUT2D eigenvalue weighted by Gasteiger charge is -2.23. The van der Waals surface area contributed by atoms with Gasteiger partial charge in [-0.05, 0) is 31.3 Å². The predicted molar refractivity (Wildman–Crippen MR) is 101 cm³/mol. The zero-order chi connectivity index (χ0) is 17.6. The first-order chi connectivity index (χ1) is 12.1. The molecular formula is C21H23N3O. The molecule has 0 unspecified atom stereocenters. The molecule has 2 aromatic carbocycles. The van der Waals surface area contributed by atoms with Crippen molar-refractivity contribution in [3.05, 3.63) is 78.0 Å². The summed E-state index contributed by atoms with van der Waals surface area (Å²) in [5, 5.41) is 4.23. The number of nitrogens with one attached hydrogen (secondary N) is 1. The molecule has 0 saturated heterocycles. The Morgan fingerprint density at radius 2 is 1.80 bits per heavy atom. The van der Waals surface area contributed by atoms with E-state index in [1.54, 1.807) is 6.20 Å². The van der Waals surface area contributed by atoms with Gasteiger partial charge in [0, 0.05) is 18.1 Å². The Morgan fingerprint density at radius 3 is 2.56 bits per heavy atom. The number of para-hydroxylation sites is 1. The van der Waals surface area contributed by atoms with Crippen LogP contribution in [-0.2, 0) is 11.2 Å². The Kier molecular flexibility index (Phi) is 5.41. The van der Waals surface area contributed by atoms with Crippen LogP contribution in [0.4, 0.5) is 0 Å². The fourth-order valence-electron chi connectivity index (χ4n) is 3.01. The summed E-state index contributed by atoms with van der Waals surface area (Å²) in [4.78, 5) is 19.2. The molecule has 0 spiro atoms. The van der Waals surface area contributed by atoms with Crippen molar-refractivity contribution >= 4 is 16.8 Å². The number of rotatable bonds is 6. The number of hydrogen-bond donors (Lipinski definition) is 1. The second kappa shape index (κ2) is 7.90. The van der Waals surface area contributed by atoms with E-state index < -0.39 is 0 Å². The SMILES string of the molecule is CN(C)C[C@@H](NC(=O)Cc1cccc2cccnc12)c1ccccc1. The lowest BCUT2D eigenvalue weighted by molar-refractivity contribution is -0.121. The number of carbonyl (C=O) groups is 1. The molecule has 1 aromatic heterocycles. The molecule has 0 radical (unpaired) electrons. The highest BCUT2D eigenvalue weighted by atomic mass is 16.1. The van der Waals surface area contributed by atoms with Crippen molar-refractivity contribution in [1.29, 1.82) is 0 Å². The first-order valence-electron chi connectivity index (χ1n) is 8.45. The number of carbonyl (C=O) groups excluding carboxylic acids is 1. The maximum absolute atomic E-state index is 12.7. The summed E-state index contributed by atoms with van der Waals surface area (Å²) in [6, 6.07) is 19.9. The minimum Gasteiger partial charge on any atom is -0.348 e. The van der Waals surface area contributed by atoms with E-state index in [2.05, 4.69) is 15.2 Å². The molecule has 128 valence electrons. The van der Waals surface area contributed by atoms with Crippen LogP contribution in [0.15, 0.2) is 66.9 Å². The van der Waals surface area contributed by atoms with Crippen LogP contribution in [0.2, 0.25) is 0 Å². The van der Waals surface area contributed by atoms with Gasteiger partial charge in [-0.15, -0.1) is 0 Å². The van der Waals surface area contributed by atoms with Crippen LogP contribution >= 0.6 is 0 Å². The molecule has 0 aliphatic heterocycles. The molecule has 1 N–H and O–H groups in total. The molecule has 1 atom stereocenters. The summed E-state index contributed by atoms with van der Waals surface area (Å²) in [5.74, 6) is 0.00820. The van der Waals surface area contributed by atoms with Crippen LogP contribution in [-0.4, -0.2) is 36.4 Å². The topological polar surface area (TPSA) is 45.2 Å². The minimum atomic E-state index is -0.0355. The fourth-order valence-corrected chi connectivity index (χ4v) is 3.01. The van der Waals surface area contributed by atoms with E-state index in [4.69, 9.17) is 0 Å². The molecule has 3 aromatic rings. The Balaban J connectivity index is 1.77. The number of benzene rings is 2. The quantitative estimate of drug-likeness (QED) is 0.753. The highest BCUT2D eigenvalue weighted by Crippen LogP contribution is 2.18. The van der Waals surface area contributed by atoms with E-state index in [0.29, 0.717) is 6.42 Å². The van der Waals surface area contributed by atoms with Crippen LogP contribution in [0.25, 0.3) is 10.9 Å². The predicted octanol–water partition coefficient (Wildman–Crippen LogP) is 3.20. The van der Waals surface area contributed by atoms with E-state index in [1.165, 1.54) is 0 Å². The molecule has 0 aliphatic carbocycles. The van der Waals surface area contributed by atoms with Gasteiger partial charge in [0.15, 0.2) is 0 Å². The fraction of sp³-hybridized carbons (Fsp3) is 0.238. The van der Waals surface area contributed by atoms with Crippen LogP contribution in [0, 0.1) is 0 Å². The third-order valence-corrected chi connectivity index (χ3v) is 4.15. The number of pyridine rings is 1. The van der Waals surface area contributed by atoms with Gasteiger partial charge in [0.25, 0.3) is 0 Å². The second-order valence-corrected chi connectivity index (χ2v) is 6.46. The first kappa shape index (κ1) is 17.1. The molecule has 1 heterocycles. The van der Waals surface area contributed by atoms with Crippen molar-refractivity contribution in [1.82, 2.24) is 15.2 Å². The van der Waals surface area contributed by atoms with Crippen molar-refractivity contribution in [3.63, 3.8) is 0 Å². The number of hydrogen-bond acceptors (Lipinski definition) is 3. The van der Waals surface area contributed by atoms with Gasteiger partial charge in [0.1, 0.15) is 0 Å². The van der Waals surface area contributed by atoms with Crippen molar-refractivity contribution in [3.8, 4) is 0 Å². The normalized spacial score (nSPS) is 12.3. The Labute approximate surface area is 148 Å². The van der Waals surface area contributed by atoms with Crippen molar-refractivity contribution in [2.24, 2.45) is 0 Å². The van der Waals surface area contributed by atoms with Gasteiger partial charge in [-0.25, -0.2) is 0 Å². The molecule has 0 bridgehead atoms. The molecule has 0 fully saturated rings. The zero-order valence-corrected chi connectivity index (χ0v) is 14.6. The summed E-state index contributed by atoms with van der Waals surface area (Å²) < 4.78 is 0. The Morgan fingerprint density at radius 1 is 1.04 bits per heavy atom. The van der Waals surface area contributed by atoms with E-state index in [0.717, 1.165) is 28.6 Å². The molecule has 0 saturated carbocycles. The lowest BCUT2D eigenvalue weighted by atomic mass is 10.0. The van der Waals surface area contributed by atoms with Crippen molar-refractivity contribution in [2.75, 3.05) is 20.6 Å². The largest absolute Gasteiger partial charge is 0.348 e. The number of likely N-dealkylation sites (N-methyl/N-ethyl adjacent to an activating group) is 1. The molecule has 0 aliphatic rings. The van der Waals surface area contributed by atoms with Gasteiger partial charge in [0.2, 0.25) is 5.91 Å². The van der Waals surface area contributed by atoms with Gasteiger partial charge in [-0.2, -0.15) is 0 Å². The van der Waals surface area contributed by atoms with Crippen molar-refractivity contribution in [2.45, 2.75) is 12.5 Å². The second-order valence-electron chi connectivity index (χ2n) is 6.46. The van der Waals surface area contributed by atoms with Crippen LogP contribution in [0.5, 0.6) is 0 Å². The molecule has 25 heavy (non-hydrogen) atoms. The lowest BCUT2D eigenvalue weighted by Crippen LogP contribution is -2.36. The number of fused-ring (bicyclic) bond motifs is 1. The van der Waals surface area contributed by atoms with E-state index >= 15 is 0 Å². The van der Waals surface area contributed by atoms with Gasteiger partial charge in [0.05, 0.1) is 18.0 Å². The summed E-state index contributed by atoms with van der Waals surface area (Å²) >= 11 is 0. The average molecular weight is 333 g/mol. The number of amides is 1. The number of aromatic nitrogens is 1. The monoisotopic (exact) mass is 333 g/mol. The van der Waals surface area contributed by atoms with Gasteiger partial charge in [-0.1, -0.05) is 54.6 Å². The maximum Gasteiger partial charge on any atom is 0.225 e. The van der Waals surface area contributed by atoms with Gasteiger partial charge in [-0.3, -0.25) is 9.78 Å². The van der Waals surface area contributed by atoms with Crippen LogP contribution in [0.1, 0.15) is 17.2 Å². The third kappa shape index (κ3) is 4.43. The average Bonchev–Trinajstić information content (AvgIpc) is 2.62.